The van der Waals surface area contributed by atoms with Crippen LogP contribution < -0.4 is 10.5 Å². The highest BCUT2D eigenvalue weighted by molar-refractivity contribution is 7.89. The highest BCUT2D eigenvalue weighted by Crippen LogP contribution is 2.37. The van der Waals surface area contributed by atoms with Gasteiger partial charge in [-0.25, -0.2) is 8.42 Å². The van der Waals surface area contributed by atoms with E-state index >= 15 is 0 Å². The van der Waals surface area contributed by atoms with E-state index in [0.717, 1.165) is 19.3 Å². The lowest BCUT2D eigenvalue weighted by Crippen LogP contribution is -2.38. The number of nitrogens with two attached hydrogens (primary N) is 1. The van der Waals surface area contributed by atoms with Crippen LogP contribution in [0.4, 0.5) is 0 Å². The largest absolute Gasteiger partial charge is 0.494 e. The highest BCUT2D eigenvalue weighted by atomic mass is 35.5. The van der Waals surface area contributed by atoms with E-state index in [1.54, 1.807) is 28.6 Å². The van der Waals surface area contributed by atoms with Crippen molar-refractivity contribution < 1.29 is 13.2 Å². The molecule has 2 fully saturated rings. The first-order chi connectivity index (χ1) is 10.5. The van der Waals surface area contributed by atoms with Gasteiger partial charge in [0.15, 0.2) is 0 Å². The van der Waals surface area contributed by atoms with Crippen molar-refractivity contribution in [2.75, 3.05) is 19.7 Å². The molecule has 3 rings (SSSR count). The molecule has 5 nitrogen and oxygen atoms in total. The molecule has 0 aromatic heterocycles. The number of fused-ring (bicyclic) bond motifs is 1. The zero-order valence-corrected chi connectivity index (χ0v) is 15.0. The van der Waals surface area contributed by atoms with Crippen LogP contribution in [0.15, 0.2) is 29.2 Å². The average Bonchev–Trinajstić information content (AvgIpc) is 2.95. The summed E-state index contributed by atoms with van der Waals surface area (Å²) in [6.45, 7) is 3.63. The van der Waals surface area contributed by atoms with E-state index < -0.39 is 10.0 Å². The molecule has 1 saturated heterocycles. The summed E-state index contributed by atoms with van der Waals surface area (Å²) in [6, 6.07) is 6.82. The van der Waals surface area contributed by atoms with Gasteiger partial charge in [0.05, 0.1) is 11.5 Å². The van der Waals surface area contributed by atoms with E-state index in [4.69, 9.17) is 10.5 Å². The zero-order valence-electron chi connectivity index (χ0n) is 13.3. The third kappa shape index (κ3) is 3.65. The van der Waals surface area contributed by atoms with Crippen molar-refractivity contribution in [1.29, 1.82) is 0 Å². The van der Waals surface area contributed by atoms with Crippen molar-refractivity contribution in [2.45, 2.75) is 37.1 Å². The Morgan fingerprint density at radius 2 is 1.91 bits per heavy atom. The minimum absolute atomic E-state index is 0. The number of hydrogen-bond acceptors (Lipinski definition) is 4. The Balaban J connectivity index is 0.00000192. The Hall–Kier alpha value is -0.820. The van der Waals surface area contributed by atoms with Crippen molar-refractivity contribution in [3.63, 3.8) is 0 Å². The fourth-order valence-electron chi connectivity index (χ4n) is 3.70. The Kier molecular flexibility index (Phi) is 5.94. The fourth-order valence-corrected chi connectivity index (χ4v) is 5.23. The molecule has 1 heterocycles. The first-order valence-corrected chi connectivity index (χ1v) is 9.45. The second-order valence-electron chi connectivity index (χ2n) is 6.25. The smallest absolute Gasteiger partial charge is 0.243 e. The van der Waals surface area contributed by atoms with Gasteiger partial charge in [0, 0.05) is 19.1 Å². The van der Waals surface area contributed by atoms with Crippen LogP contribution in [-0.2, 0) is 10.0 Å². The predicted molar refractivity (Wildman–Crippen MR) is 92.4 cm³/mol. The molecule has 0 spiro atoms. The van der Waals surface area contributed by atoms with Gasteiger partial charge in [0.1, 0.15) is 5.75 Å². The maximum Gasteiger partial charge on any atom is 0.243 e. The summed E-state index contributed by atoms with van der Waals surface area (Å²) >= 11 is 0. The van der Waals surface area contributed by atoms with E-state index in [1.807, 2.05) is 6.92 Å². The van der Waals surface area contributed by atoms with Gasteiger partial charge in [0.2, 0.25) is 10.0 Å². The zero-order chi connectivity index (χ0) is 15.7. The van der Waals surface area contributed by atoms with Gasteiger partial charge in [-0.3, -0.25) is 0 Å². The van der Waals surface area contributed by atoms with Crippen molar-refractivity contribution in [3.8, 4) is 5.75 Å². The first kappa shape index (κ1) is 18.5. The van der Waals surface area contributed by atoms with Gasteiger partial charge < -0.3 is 10.5 Å². The minimum atomic E-state index is -3.43. The standard InChI is InChI=1S/C16H24N2O3S.ClH/c1-2-21-13-6-8-14(9-7-13)22(19,20)18-10-12-4-3-5-16(17)15(12)11-18;/h6-9,12,15-16H,2-5,10-11,17H2,1H3;1H. The summed E-state index contributed by atoms with van der Waals surface area (Å²) in [6.07, 6.45) is 3.21. The minimum Gasteiger partial charge on any atom is -0.494 e. The molecule has 3 unspecified atom stereocenters. The SMILES string of the molecule is CCOc1ccc(S(=O)(=O)N2CC3CCCC(N)C3C2)cc1.Cl. The molecule has 0 radical (unpaired) electrons. The van der Waals surface area contributed by atoms with Crippen LogP contribution in [0.1, 0.15) is 26.2 Å². The number of sulfonamides is 1. The third-order valence-corrected chi connectivity index (χ3v) is 6.74. The molecule has 130 valence electrons. The maximum absolute atomic E-state index is 12.8. The summed E-state index contributed by atoms with van der Waals surface area (Å²) in [5, 5.41) is 0. The van der Waals surface area contributed by atoms with E-state index in [-0.39, 0.29) is 18.4 Å². The summed E-state index contributed by atoms with van der Waals surface area (Å²) in [5.74, 6) is 1.42. The normalized spacial score (nSPS) is 28.0. The van der Waals surface area contributed by atoms with Crippen molar-refractivity contribution >= 4 is 22.4 Å². The van der Waals surface area contributed by atoms with Crippen LogP contribution in [0.25, 0.3) is 0 Å². The molecule has 2 aliphatic rings. The molecular formula is C16H25ClN2O3S. The second-order valence-corrected chi connectivity index (χ2v) is 8.18. The molecule has 23 heavy (non-hydrogen) atoms. The van der Waals surface area contributed by atoms with Crippen LogP contribution in [-0.4, -0.2) is 38.5 Å². The molecule has 7 heteroatoms. The Bertz CT molecular complexity index is 621. The van der Waals surface area contributed by atoms with Gasteiger partial charge in [0.25, 0.3) is 0 Å². The molecule has 1 saturated carbocycles. The van der Waals surface area contributed by atoms with Crippen LogP contribution in [0, 0.1) is 11.8 Å². The molecule has 1 aromatic carbocycles. The lowest BCUT2D eigenvalue weighted by Gasteiger charge is -2.29. The summed E-state index contributed by atoms with van der Waals surface area (Å²) in [7, 11) is -3.43. The van der Waals surface area contributed by atoms with Crippen molar-refractivity contribution in [3.05, 3.63) is 24.3 Å². The molecule has 0 amide bonds. The van der Waals surface area contributed by atoms with E-state index in [0.29, 0.717) is 42.2 Å². The van der Waals surface area contributed by atoms with E-state index in [2.05, 4.69) is 0 Å². The van der Waals surface area contributed by atoms with E-state index in [1.165, 1.54) is 0 Å². The fraction of sp³-hybridized carbons (Fsp3) is 0.625. The Labute approximate surface area is 144 Å². The van der Waals surface area contributed by atoms with Crippen LogP contribution in [0.2, 0.25) is 0 Å². The van der Waals surface area contributed by atoms with Gasteiger partial charge in [-0.2, -0.15) is 4.31 Å². The van der Waals surface area contributed by atoms with Crippen molar-refractivity contribution in [2.24, 2.45) is 17.6 Å². The summed E-state index contributed by atoms with van der Waals surface area (Å²) in [5.41, 5.74) is 6.18. The molecule has 3 atom stereocenters. The van der Waals surface area contributed by atoms with Gasteiger partial charge in [-0.05, 0) is 55.9 Å². The molecule has 1 aromatic rings. The number of ether oxygens (including phenoxy) is 1. The first-order valence-electron chi connectivity index (χ1n) is 8.01. The average molecular weight is 361 g/mol. The summed E-state index contributed by atoms with van der Waals surface area (Å²) < 4.78 is 32.6. The van der Waals surface area contributed by atoms with Gasteiger partial charge >= 0.3 is 0 Å². The second kappa shape index (κ2) is 7.38. The number of hydrogen-bond donors (Lipinski definition) is 1. The Morgan fingerprint density at radius 3 is 2.52 bits per heavy atom. The number of rotatable bonds is 4. The third-order valence-electron chi connectivity index (χ3n) is 4.89. The highest BCUT2D eigenvalue weighted by Gasteiger charge is 2.43. The topological polar surface area (TPSA) is 72.6 Å². The van der Waals surface area contributed by atoms with Gasteiger partial charge in [-0.1, -0.05) is 6.42 Å². The van der Waals surface area contributed by atoms with E-state index in [9.17, 15) is 8.42 Å². The predicted octanol–water partition coefficient (Wildman–Crippen LogP) is 2.26. The van der Waals surface area contributed by atoms with Crippen LogP contribution in [0.3, 0.4) is 0 Å². The molecule has 1 aliphatic heterocycles. The maximum atomic E-state index is 12.8. The van der Waals surface area contributed by atoms with Gasteiger partial charge in [-0.15, -0.1) is 12.4 Å². The lowest BCUT2D eigenvalue weighted by molar-refractivity contribution is 0.260. The quantitative estimate of drug-likeness (QED) is 0.893. The molecule has 1 aliphatic carbocycles. The number of nitrogens with zero attached hydrogens (tertiary/aromatic N) is 1. The molecule has 2 N–H and O–H groups in total. The monoisotopic (exact) mass is 360 g/mol. The Morgan fingerprint density at radius 1 is 1.22 bits per heavy atom. The molecular weight excluding hydrogens is 336 g/mol. The van der Waals surface area contributed by atoms with Crippen LogP contribution in [0.5, 0.6) is 5.75 Å². The lowest BCUT2D eigenvalue weighted by atomic mass is 9.78. The number of halogens is 1. The van der Waals surface area contributed by atoms with Crippen LogP contribution >= 0.6 is 12.4 Å². The summed E-state index contributed by atoms with van der Waals surface area (Å²) in [4.78, 5) is 0.336. The molecule has 0 bridgehead atoms. The van der Waals surface area contributed by atoms with Crippen molar-refractivity contribution in [1.82, 2.24) is 4.31 Å². The number of benzene rings is 1.